The van der Waals surface area contributed by atoms with E-state index in [2.05, 4.69) is 47.4 Å². The Hall–Kier alpha value is -2.60. The minimum Gasteiger partial charge on any atom is -0.467 e. The second-order valence-electron chi connectivity index (χ2n) is 7.71. The van der Waals surface area contributed by atoms with E-state index in [9.17, 15) is 4.79 Å². The van der Waals surface area contributed by atoms with Crippen LogP contribution in [0.4, 0.5) is 0 Å². The van der Waals surface area contributed by atoms with Crippen LogP contribution in [0.25, 0.3) is 0 Å². The van der Waals surface area contributed by atoms with Gasteiger partial charge in [-0.15, -0.1) is 0 Å². The first-order valence-electron chi connectivity index (χ1n) is 9.37. The van der Waals surface area contributed by atoms with Crippen LogP contribution in [0.5, 0.6) is 0 Å². The van der Waals surface area contributed by atoms with E-state index in [1.165, 1.54) is 16.7 Å². The molecule has 1 aromatic carbocycles. The number of amides is 1. The zero-order valence-electron chi connectivity index (χ0n) is 15.8. The molecule has 1 aromatic heterocycles. The molecule has 0 saturated carbocycles. The zero-order valence-corrected chi connectivity index (χ0v) is 15.8. The zero-order chi connectivity index (χ0) is 18.9. The van der Waals surface area contributed by atoms with Crippen molar-refractivity contribution < 1.29 is 14.0 Å². The molecule has 1 saturated heterocycles. The van der Waals surface area contributed by atoms with Gasteiger partial charge in [0.05, 0.1) is 12.8 Å². The van der Waals surface area contributed by atoms with Crippen molar-refractivity contribution in [1.82, 2.24) is 10.2 Å². The third-order valence-electron chi connectivity index (χ3n) is 5.19. The standard InChI is InChI=1S/C21H25N3O3/c1-15-8-16(2)10-17(9-15)13-24-6-5-21(14-24)11-19(23-27-21)20(25)22-12-18-4-3-7-26-18/h3-4,7-10H,5-6,11-14H2,1-2H3,(H,22,25). The molecule has 2 aromatic rings. The Balaban J connectivity index is 1.31. The Bertz CT molecular complexity index is 839. The lowest BCUT2D eigenvalue weighted by atomic mass is 9.96. The van der Waals surface area contributed by atoms with Crippen molar-refractivity contribution in [3.8, 4) is 0 Å². The monoisotopic (exact) mass is 367 g/mol. The number of hydrogen-bond donors (Lipinski definition) is 1. The lowest BCUT2D eigenvalue weighted by molar-refractivity contribution is -0.115. The van der Waals surface area contributed by atoms with Crippen molar-refractivity contribution >= 4 is 11.6 Å². The molecule has 2 aliphatic heterocycles. The largest absolute Gasteiger partial charge is 0.467 e. The Kier molecular flexibility index (Phi) is 4.74. The van der Waals surface area contributed by atoms with Gasteiger partial charge >= 0.3 is 0 Å². The summed E-state index contributed by atoms with van der Waals surface area (Å²) in [6.45, 7) is 7.25. The van der Waals surface area contributed by atoms with Gasteiger partial charge in [0.2, 0.25) is 0 Å². The Labute approximate surface area is 159 Å². The highest BCUT2D eigenvalue weighted by atomic mass is 16.7. The van der Waals surface area contributed by atoms with Gasteiger partial charge in [-0.3, -0.25) is 9.69 Å². The van der Waals surface area contributed by atoms with Crippen LogP contribution in [0.3, 0.4) is 0 Å². The summed E-state index contributed by atoms with van der Waals surface area (Å²) in [5.41, 5.74) is 4.00. The lowest BCUT2D eigenvalue weighted by Gasteiger charge is -2.22. The molecule has 1 spiro atoms. The maximum absolute atomic E-state index is 12.4. The third-order valence-corrected chi connectivity index (χ3v) is 5.19. The van der Waals surface area contributed by atoms with E-state index >= 15 is 0 Å². The van der Waals surface area contributed by atoms with E-state index in [0.717, 1.165) is 31.8 Å². The van der Waals surface area contributed by atoms with Gasteiger partial charge in [0.1, 0.15) is 11.5 Å². The van der Waals surface area contributed by atoms with Crippen LogP contribution in [0, 0.1) is 13.8 Å². The van der Waals surface area contributed by atoms with Gasteiger partial charge in [-0.05, 0) is 31.5 Å². The predicted molar refractivity (Wildman–Crippen MR) is 102 cm³/mol. The Morgan fingerprint density at radius 3 is 2.85 bits per heavy atom. The van der Waals surface area contributed by atoms with Crippen LogP contribution in [0.2, 0.25) is 0 Å². The molecule has 142 valence electrons. The van der Waals surface area contributed by atoms with E-state index in [0.29, 0.717) is 18.7 Å². The molecular formula is C21H25N3O3. The van der Waals surface area contributed by atoms with Crippen LogP contribution < -0.4 is 5.32 Å². The fourth-order valence-corrected chi connectivity index (χ4v) is 4.03. The topological polar surface area (TPSA) is 67.1 Å². The van der Waals surface area contributed by atoms with E-state index in [1.54, 1.807) is 12.3 Å². The number of nitrogens with one attached hydrogen (secondary N) is 1. The van der Waals surface area contributed by atoms with Crippen molar-refractivity contribution in [1.29, 1.82) is 0 Å². The third kappa shape index (κ3) is 4.06. The molecule has 6 heteroatoms. The SMILES string of the molecule is Cc1cc(C)cc(CN2CCC3(CC(C(=O)NCc4ccco4)=NO3)C2)c1. The molecule has 0 radical (unpaired) electrons. The molecule has 27 heavy (non-hydrogen) atoms. The summed E-state index contributed by atoms with van der Waals surface area (Å²) in [5.74, 6) is 0.536. The number of carbonyl (C=O) groups excluding carboxylic acids is 1. The number of aryl methyl sites for hydroxylation is 2. The summed E-state index contributed by atoms with van der Waals surface area (Å²) in [7, 11) is 0. The van der Waals surface area contributed by atoms with E-state index in [1.807, 2.05) is 6.07 Å². The number of likely N-dealkylation sites (tertiary alicyclic amines) is 1. The average Bonchev–Trinajstić information content (AvgIpc) is 3.35. The van der Waals surface area contributed by atoms with Crippen LogP contribution in [0.1, 0.15) is 35.3 Å². The molecule has 3 heterocycles. The normalized spacial score (nSPS) is 22.1. The molecular weight excluding hydrogens is 342 g/mol. The van der Waals surface area contributed by atoms with Gasteiger partial charge in [0, 0.05) is 32.5 Å². The van der Waals surface area contributed by atoms with Crippen molar-refractivity contribution in [2.75, 3.05) is 13.1 Å². The van der Waals surface area contributed by atoms with E-state index in [-0.39, 0.29) is 11.5 Å². The maximum atomic E-state index is 12.4. The molecule has 1 N–H and O–H groups in total. The predicted octanol–water partition coefficient (Wildman–Crippen LogP) is 2.93. The number of furan rings is 1. The fourth-order valence-electron chi connectivity index (χ4n) is 4.03. The van der Waals surface area contributed by atoms with Crippen molar-refractivity contribution in [2.24, 2.45) is 5.16 Å². The molecule has 1 atom stereocenters. The molecule has 1 fully saturated rings. The van der Waals surface area contributed by atoms with Gasteiger partial charge < -0.3 is 14.6 Å². The number of benzene rings is 1. The van der Waals surface area contributed by atoms with Crippen molar-refractivity contribution in [3.63, 3.8) is 0 Å². The fraction of sp³-hybridized carbons (Fsp3) is 0.429. The lowest BCUT2D eigenvalue weighted by Crippen LogP contribution is -2.36. The second-order valence-corrected chi connectivity index (χ2v) is 7.71. The molecule has 4 rings (SSSR count). The first-order chi connectivity index (χ1) is 13.0. The van der Waals surface area contributed by atoms with Crippen LogP contribution in [0.15, 0.2) is 46.2 Å². The van der Waals surface area contributed by atoms with Gasteiger partial charge in [-0.1, -0.05) is 34.5 Å². The molecule has 6 nitrogen and oxygen atoms in total. The summed E-state index contributed by atoms with van der Waals surface area (Å²) in [6, 6.07) is 10.3. The summed E-state index contributed by atoms with van der Waals surface area (Å²) in [4.78, 5) is 20.5. The summed E-state index contributed by atoms with van der Waals surface area (Å²) >= 11 is 0. The van der Waals surface area contributed by atoms with E-state index in [4.69, 9.17) is 9.25 Å². The van der Waals surface area contributed by atoms with Crippen molar-refractivity contribution in [2.45, 2.75) is 45.4 Å². The highest BCUT2D eigenvalue weighted by molar-refractivity contribution is 6.39. The van der Waals surface area contributed by atoms with Gasteiger partial charge in [-0.25, -0.2) is 0 Å². The highest BCUT2D eigenvalue weighted by Gasteiger charge is 2.46. The minimum absolute atomic E-state index is 0.184. The van der Waals surface area contributed by atoms with Gasteiger partial charge in [0.25, 0.3) is 5.91 Å². The Morgan fingerprint density at radius 2 is 2.11 bits per heavy atom. The first-order valence-corrected chi connectivity index (χ1v) is 9.37. The first kappa shape index (κ1) is 17.8. The molecule has 0 aliphatic carbocycles. The van der Waals surface area contributed by atoms with Crippen LogP contribution in [-0.4, -0.2) is 35.2 Å². The quantitative estimate of drug-likeness (QED) is 0.882. The van der Waals surface area contributed by atoms with Gasteiger partial charge in [-0.2, -0.15) is 0 Å². The number of nitrogens with zero attached hydrogens (tertiary/aromatic N) is 2. The smallest absolute Gasteiger partial charge is 0.269 e. The van der Waals surface area contributed by atoms with Gasteiger partial charge in [0.15, 0.2) is 5.60 Å². The summed E-state index contributed by atoms with van der Waals surface area (Å²) < 4.78 is 5.23. The molecule has 0 bridgehead atoms. The summed E-state index contributed by atoms with van der Waals surface area (Å²) in [6.07, 6.45) is 3.03. The maximum Gasteiger partial charge on any atom is 0.269 e. The number of carbonyl (C=O) groups is 1. The van der Waals surface area contributed by atoms with E-state index < -0.39 is 0 Å². The average molecular weight is 367 g/mol. The van der Waals surface area contributed by atoms with Crippen LogP contribution >= 0.6 is 0 Å². The number of rotatable bonds is 5. The Morgan fingerprint density at radius 1 is 1.30 bits per heavy atom. The number of oxime groups is 1. The second kappa shape index (κ2) is 7.19. The van der Waals surface area contributed by atoms with Crippen molar-refractivity contribution in [3.05, 3.63) is 59.0 Å². The van der Waals surface area contributed by atoms with Crippen LogP contribution in [-0.2, 0) is 22.7 Å². The summed E-state index contributed by atoms with van der Waals surface area (Å²) in [5, 5.41) is 6.93. The highest BCUT2D eigenvalue weighted by Crippen LogP contribution is 2.34. The molecule has 1 unspecified atom stereocenters. The molecule has 1 amide bonds. The minimum atomic E-state index is -0.365. The molecule has 2 aliphatic rings. The number of hydrogen-bond acceptors (Lipinski definition) is 5.